The summed E-state index contributed by atoms with van der Waals surface area (Å²) < 4.78 is 22.0. The number of hydrogen-bond donors (Lipinski definition) is 0. The van der Waals surface area contributed by atoms with Gasteiger partial charge in [-0.15, -0.1) is 0 Å². The van der Waals surface area contributed by atoms with Crippen molar-refractivity contribution < 1.29 is 13.2 Å². The maximum atomic E-state index is 12.0. The molecule has 1 rings (SSSR count). The van der Waals surface area contributed by atoms with Crippen LogP contribution < -0.4 is 0 Å². The molecule has 0 aromatic carbocycles. The number of rotatable bonds is 7. The normalized spacial score (nSPS) is 25.0. The molecule has 0 N–H and O–H groups in total. The lowest BCUT2D eigenvalue weighted by atomic mass is 9.78. The molecule has 0 spiro atoms. The van der Waals surface area contributed by atoms with Crippen LogP contribution in [-0.4, -0.2) is 26.2 Å². The van der Waals surface area contributed by atoms with Crippen molar-refractivity contribution in [3.8, 4) is 0 Å². The summed E-state index contributed by atoms with van der Waals surface area (Å²) in [6.45, 7) is 2.21. The lowest BCUT2D eigenvalue weighted by Crippen LogP contribution is -2.22. The van der Waals surface area contributed by atoms with Crippen LogP contribution >= 0.6 is 0 Å². The second-order valence-corrected chi connectivity index (χ2v) is 7.97. The van der Waals surface area contributed by atoms with Gasteiger partial charge in [0, 0.05) is 18.6 Å². The summed E-state index contributed by atoms with van der Waals surface area (Å²) in [5.74, 6) is 1.45. The van der Waals surface area contributed by atoms with Crippen molar-refractivity contribution >= 4 is 15.6 Å². The highest BCUT2D eigenvalue weighted by atomic mass is 32.2. The molecule has 18 heavy (non-hydrogen) atoms. The summed E-state index contributed by atoms with van der Waals surface area (Å²) in [6.07, 6.45) is 9.07. The first-order valence-electron chi connectivity index (χ1n) is 7.12. The number of carbonyl (C=O) groups excluding carboxylic acids is 1. The van der Waals surface area contributed by atoms with Crippen LogP contribution in [0.2, 0.25) is 0 Å². The van der Waals surface area contributed by atoms with Gasteiger partial charge in [-0.1, -0.05) is 19.8 Å². The fraction of sp³-hybridized carbons (Fsp3) is 0.929. The van der Waals surface area contributed by atoms with E-state index in [2.05, 4.69) is 6.92 Å². The second-order valence-electron chi connectivity index (χ2n) is 5.71. The Bertz CT molecular complexity index is 351. The summed E-state index contributed by atoms with van der Waals surface area (Å²) in [5, 5.41) is 0. The van der Waals surface area contributed by atoms with E-state index in [0.717, 1.165) is 18.8 Å². The highest BCUT2D eigenvalue weighted by Gasteiger charge is 2.25. The third-order valence-corrected chi connectivity index (χ3v) is 4.97. The Morgan fingerprint density at radius 3 is 2.28 bits per heavy atom. The van der Waals surface area contributed by atoms with Gasteiger partial charge in [0.25, 0.3) is 0 Å². The summed E-state index contributed by atoms with van der Waals surface area (Å²) in [4.78, 5) is 12.0. The van der Waals surface area contributed by atoms with E-state index in [-0.39, 0.29) is 17.5 Å². The van der Waals surface area contributed by atoms with Gasteiger partial charge in [-0.2, -0.15) is 0 Å². The zero-order valence-electron chi connectivity index (χ0n) is 11.7. The third kappa shape index (κ3) is 5.98. The molecule has 0 unspecified atom stereocenters. The zero-order chi connectivity index (χ0) is 13.6. The van der Waals surface area contributed by atoms with Crippen LogP contribution in [0.15, 0.2) is 0 Å². The maximum Gasteiger partial charge on any atom is 0.147 e. The summed E-state index contributed by atoms with van der Waals surface area (Å²) in [7, 11) is -2.92. The zero-order valence-corrected chi connectivity index (χ0v) is 12.5. The maximum absolute atomic E-state index is 12.0. The van der Waals surface area contributed by atoms with Crippen molar-refractivity contribution in [3.63, 3.8) is 0 Å². The fourth-order valence-electron chi connectivity index (χ4n) is 2.89. The third-order valence-electron chi connectivity index (χ3n) is 3.94. The van der Waals surface area contributed by atoms with Crippen LogP contribution in [0.4, 0.5) is 0 Å². The number of Topliss-reactive ketones (excluding diaryl/α,β-unsaturated/α-hetero) is 1. The number of carbonyl (C=O) groups is 1. The Balaban J connectivity index is 2.24. The molecule has 0 atom stereocenters. The molecule has 0 heterocycles. The number of hydrogen-bond acceptors (Lipinski definition) is 3. The molecule has 0 aromatic rings. The van der Waals surface area contributed by atoms with Crippen LogP contribution in [0.3, 0.4) is 0 Å². The SMILES string of the molecule is CCCC1CCC(C(=O)CCCS(C)(=O)=O)CC1. The minimum absolute atomic E-state index is 0.143. The first-order chi connectivity index (χ1) is 8.42. The van der Waals surface area contributed by atoms with Crippen molar-refractivity contribution in [2.75, 3.05) is 12.0 Å². The molecular formula is C14H26O3S. The Hall–Kier alpha value is -0.380. The van der Waals surface area contributed by atoms with E-state index in [4.69, 9.17) is 0 Å². The summed E-state index contributed by atoms with van der Waals surface area (Å²) in [5.41, 5.74) is 0. The van der Waals surface area contributed by atoms with E-state index in [1.807, 2.05) is 0 Å². The average Bonchev–Trinajstić information content (AvgIpc) is 2.28. The van der Waals surface area contributed by atoms with Gasteiger partial charge < -0.3 is 0 Å². The predicted octanol–water partition coefficient (Wildman–Crippen LogP) is 2.99. The summed E-state index contributed by atoms with van der Waals surface area (Å²) in [6, 6.07) is 0. The molecule has 1 aliphatic rings. The van der Waals surface area contributed by atoms with Gasteiger partial charge >= 0.3 is 0 Å². The van der Waals surface area contributed by atoms with Gasteiger partial charge in [0.05, 0.1) is 5.75 Å². The van der Waals surface area contributed by atoms with E-state index in [0.29, 0.717) is 12.8 Å². The van der Waals surface area contributed by atoms with Gasteiger partial charge in [-0.25, -0.2) is 8.42 Å². The molecule has 0 radical (unpaired) electrons. The molecule has 0 bridgehead atoms. The number of ketones is 1. The largest absolute Gasteiger partial charge is 0.299 e. The molecule has 0 saturated heterocycles. The van der Waals surface area contributed by atoms with Gasteiger partial charge in [-0.3, -0.25) is 4.79 Å². The second kappa shape index (κ2) is 7.27. The van der Waals surface area contributed by atoms with Gasteiger partial charge in [0.1, 0.15) is 15.6 Å². The highest BCUT2D eigenvalue weighted by molar-refractivity contribution is 7.90. The molecule has 1 saturated carbocycles. The van der Waals surface area contributed by atoms with Crippen LogP contribution in [0.1, 0.15) is 58.3 Å². The Morgan fingerprint density at radius 1 is 1.17 bits per heavy atom. The van der Waals surface area contributed by atoms with E-state index in [9.17, 15) is 13.2 Å². The van der Waals surface area contributed by atoms with Crippen molar-refractivity contribution in [3.05, 3.63) is 0 Å². The fourth-order valence-corrected chi connectivity index (χ4v) is 3.56. The Morgan fingerprint density at radius 2 is 1.78 bits per heavy atom. The molecular weight excluding hydrogens is 248 g/mol. The standard InChI is InChI=1S/C14H26O3S/c1-3-5-12-7-9-13(10-8-12)14(15)6-4-11-18(2,16)17/h12-13H,3-11H2,1-2H3. The molecule has 106 valence electrons. The lowest BCUT2D eigenvalue weighted by Gasteiger charge is -2.27. The van der Waals surface area contributed by atoms with E-state index in [1.165, 1.54) is 31.9 Å². The molecule has 3 nitrogen and oxygen atoms in total. The first kappa shape index (κ1) is 15.7. The minimum Gasteiger partial charge on any atom is -0.299 e. The molecule has 1 fully saturated rings. The van der Waals surface area contributed by atoms with Crippen molar-refractivity contribution in [1.82, 2.24) is 0 Å². The monoisotopic (exact) mass is 274 g/mol. The molecule has 0 amide bonds. The van der Waals surface area contributed by atoms with Crippen LogP contribution in [0.25, 0.3) is 0 Å². The van der Waals surface area contributed by atoms with Gasteiger partial charge in [-0.05, 0) is 38.0 Å². The Kier molecular flexibility index (Phi) is 6.33. The molecule has 4 heteroatoms. The minimum atomic E-state index is -2.92. The summed E-state index contributed by atoms with van der Waals surface area (Å²) >= 11 is 0. The molecule has 1 aliphatic carbocycles. The van der Waals surface area contributed by atoms with Crippen LogP contribution in [-0.2, 0) is 14.6 Å². The first-order valence-corrected chi connectivity index (χ1v) is 9.19. The van der Waals surface area contributed by atoms with Crippen molar-refractivity contribution in [2.24, 2.45) is 11.8 Å². The smallest absolute Gasteiger partial charge is 0.147 e. The van der Waals surface area contributed by atoms with Gasteiger partial charge in [0.2, 0.25) is 0 Å². The van der Waals surface area contributed by atoms with Gasteiger partial charge in [0.15, 0.2) is 0 Å². The lowest BCUT2D eigenvalue weighted by molar-refractivity contribution is -0.124. The van der Waals surface area contributed by atoms with Crippen molar-refractivity contribution in [1.29, 1.82) is 0 Å². The van der Waals surface area contributed by atoms with E-state index < -0.39 is 9.84 Å². The Labute approximate surface area is 111 Å². The molecule has 0 aromatic heterocycles. The quantitative estimate of drug-likeness (QED) is 0.717. The van der Waals surface area contributed by atoms with Crippen LogP contribution in [0, 0.1) is 11.8 Å². The van der Waals surface area contributed by atoms with E-state index >= 15 is 0 Å². The molecule has 0 aliphatic heterocycles. The van der Waals surface area contributed by atoms with Crippen molar-refractivity contribution in [2.45, 2.75) is 58.3 Å². The predicted molar refractivity (Wildman–Crippen MR) is 74.3 cm³/mol. The average molecular weight is 274 g/mol. The number of sulfone groups is 1. The van der Waals surface area contributed by atoms with E-state index in [1.54, 1.807) is 0 Å². The topological polar surface area (TPSA) is 51.2 Å². The highest BCUT2D eigenvalue weighted by Crippen LogP contribution is 2.32. The van der Waals surface area contributed by atoms with Crippen LogP contribution in [0.5, 0.6) is 0 Å².